The first-order valence-corrected chi connectivity index (χ1v) is 10.1. The lowest BCUT2D eigenvalue weighted by Gasteiger charge is -2.26. The molecule has 0 radical (unpaired) electrons. The van der Waals surface area contributed by atoms with Gasteiger partial charge in [-0.2, -0.15) is 0 Å². The molecular weight excluding hydrogens is 368 g/mol. The van der Waals surface area contributed by atoms with E-state index >= 15 is 0 Å². The second-order valence-corrected chi connectivity index (χ2v) is 7.89. The Balaban J connectivity index is 1.86. The molecule has 0 saturated carbocycles. The first-order chi connectivity index (χ1) is 12.3. The maximum absolute atomic E-state index is 13.4. The van der Waals surface area contributed by atoms with Crippen LogP contribution < -0.4 is 9.62 Å². The molecule has 2 rings (SSSR count). The molecule has 26 heavy (non-hydrogen) atoms. The van der Waals surface area contributed by atoms with E-state index < -0.39 is 21.7 Å². The highest BCUT2D eigenvalue weighted by molar-refractivity contribution is 7.92. The highest BCUT2D eigenvalue weighted by Gasteiger charge is 2.20. The summed E-state index contributed by atoms with van der Waals surface area (Å²) in [6.45, 7) is 3.95. The molecule has 146 valence electrons. The highest BCUT2D eigenvalue weighted by Crippen LogP contribution is 2.20. The van der Waals surface area contributed by atoms with Crippen LogP contribution in [0.2, 0.25) is 0 Å². The van der Waals surface area contributed by atoms with E-state index in [2.05, 4.69) is 10.2 Å². The van der Waals surface area contributed by atoms with Crippen molar-refractivity contribution in [2.75, 3.05) is 56.5 Å². The topological polar surface area (TPSA) is 79.0 Å². The summed E-state index contributed by atoms with van der Waals surface area (Å²) >= 11 is 0. The van der Waals surface area contributed by atoms with Gasteiger partial charge in [-0.05, 0) is 12.1 Å². The van der Waals surface area contributed by atoms with Crippen molar-refractivity contribution in [2.24, 2.45) is 0 Å². The molecule has 0 aromatic heterocycles. The first kappa shape index (κ1) is 20.5. The number of nitrogens with one attached hydrogen (secondary N) is 1. The van der Waals surface area contributed by atoms with Crippen molar-refractivity contribution in [3.05, 3.63) is 29.8 Å². The zero-order chi connectivity index (χ0) is 19.2. The molecule has 0 bridgehead atoms. The number of sulfonamides is 1. The number of carbonyl (C=O) groups is 1. The van der Waals surface area contributed by atoms with Gasteiger partial charge in [0.25, 0.3) is 0 Å². The van der Waals surface area contributed by atoms with Crippen LogP contribution in [0.1, 0.15) is 6.42 Å². The van der Waals surface area contributed by atoms with Crippen LogP contribution in [0.5, 0.6) is 0 Å². The Hall–Kier alpha value is -1.78. The number of morpholine rings is 1. The van der Waals surface area contributed by atoms with Crippen LogP contribution in [-0.2, 0) is 19.6 Å². The molecule has 1 aromatic carbocycles. The number of carbonyl (C=O) groups excluding carboxylic acids is 1. The molecule has 1 saturated heterocycles. The molecule has 0 atom stereocenters. The molecule has 1 aliphatic rings. The van der Waals surface area contributed by atoms with E-state index in [0.29, 0.717) is 26.3 Å². The van der Waals surface area contributed by atoms with E-state index in [1.807, 2.05) is 0 Å². The van der Waals surface area contributed by atoms with Crippen molar-refractivity contribution < 1.29 is 26.7 Å². The second-order valence-electron chi connectivity index (χ2n) is 5.99. The van der Waals surface area contributed by atoms with Crippen molar-refractivity contribution in [1.29, 1.82) is 0 Å². The predicted molar refractivity (Wildman–Crippen MR) is 93.4 cm³/mol. The van der Waals surface area contributed by atoms with E-state index in [1.54, 1.807) is 0 Å². The number of benzene rings is 1. The Morgan fingerprint density at radius 3 is 2.58 bits per heavy atom. The largest absolute Gasteiger partial charge is 0.379 e. The summed E-state index contributed by atoms with van der Waals surface area (Å²) in [5, 5.41) is 2.73. The first-order valence-electron chi connectivity index (χ1n) is 8.27. The van der Waals surface area contributed by atoms with Crippen LogP contribution in [0.4, 0.5) is 14.5 Å². The molecule has 0 unspecified atom stereocenters. The molecule has 0 spiro atoms. The van der Waals surface area contributed by atoms with Crippen molar-refractivity contribution >= 4 is 21.6 Å². The standard InChI is InChI=1S/C16H23F2N3O4S/c1-26(23,24)21(13-2-3-14(17)15(18)12-13)6-4-16(22)19-5-7-20-8-10-25-11-9-20/h2-3,12H,4-11H2,1H3,(H,19,22). The van der Waals surface area contributed by atoms with Gasteiger partial charge in [-0.1, -0.05) is 0 Å². The van der Waals surface area contributed by atoms with Gasteiger partial charge in [0, 0.05) is 45.2 Å². The molecule has 0 aliphatic carbocycles. The third-order valence-corrected chi connectivity index (χ3v) is 5.18. The van der Waals surface area contributed by atoms with Crippen LogP contribution in [0.25, 0.3) is 0 Å². The number of nitrogens with zero attached hydrogens (tertiary/aromatic N) is 2. The second kappa shape index (κ2) is 9.24. The molecule has 1 heterocycles. The Labute approximate surface area is 152 Å². The summed E-state index contributed by atoms with van der Waals surface area (Å²) in [4.78, 5) is 14.1. The lowest BCUT2D eigenvalue weighted by Crippen LogP contribution is -2.42. The van der Waals surface area contributed by atoms with Gasteiger partial charge in [-0.15, -0.1) is 0 Å². The maximum Gasteiger partial charge on any atom is 0.232 e. The van der Waals surface area contributed by atoms with E-state index in [0.717, 1.165) is 41.8 Å². The number of rotatable bonds is 8. The van der Waals surface area contributed by atoms with Gasteiger partial charge in [0.05, 0.1) is 25.2 Å². The molecule has 7 nitrogen and oxygen atoms in total. The smallest absolute Gasteiger partial charge is 0.232 e. The van der Waals surface area contributed by atoms with Crippen molar-refractivity contribution in [3.8, 4) is 0 Å². The summed E-state index contributed by atoms with van der Waals surface area (Å²) in [5.74, 6) is -2.52. The summed E-state index contributed by atoms with van der Waals surface area (Å²) in [6, 6.07) is 2.81. The van der Waals surface area contributed by atoms with Crippen molar-refractivity contribution in [2.45, 2.75) is 6.42 Å². The molecule has 10 heteroatoms. The van der Waals surface area contributed by atoms with Crippen molar-refractivity contribution in [3.63, 3.8) is 0 Å². The van der Waals surface area contributed by atoms with Crippen LogP contribution in [-0.4, -0.2) is 71.4 Å². The van der Waals surface area contributed by atoms with Gasteiger partial charge in [-0.3, -0.25) is 14.0 Å². The minimum absolute atomic E-state index is 0.0208. The SMILES string of the molecule is CS(=O)(=O)N(CCC(=O)NCCN1CCOCC1)c1ccc(F)c(F)c1. The lowest BCUT2D eigenvalue weighted by molar-refractivity contribution is -0.120. The molecular formula is C16H23F2N3O4S. The Morgan fingerprint density at radius 2 is 1.96 bits per heavy atom. The van der Waals surface area contributed by atoms with Crippen LogP contribution in [0.3, 0.4) is 0 Å². The van der Waals surface area contributed by atoms with E-state index in [4.69, 9.17) is 4.74 Å². The molecule has 1 amide bonds. The van der Waals surface area contributed by atoms with E-state index in [9.17, 15) is 22.0 Å². The highest BCUT2D eigenvalue weighted by atomic mass is 32.2. The fraction of sp³-hybridized carbons (Fsp3) is 0.562. The third kappa shape index (κ3) is 6.19. The maximum atomic E-state index is 13.4. The van der Waals surface area contributed by atoms with Crippen LogP contribution in [0.15, 0.2) is 18.2 Å². The zero-order valence-electron chi connectivity index (χ0n) is 14.6. The van der Waals surface area contributed by atoms with Gasteiger partial charge in [0.1, 0.15) is 0 Å². The summed E-state index contributed by atoms with van der Waals surface area (Å²) in [5.41, 5.74) is -0.0208. The van der Waals surface area contributed by atoms with Gasteiger partial charge in [-0.25, -0.2) is 17.2 Å². The van der Waals surface area contributed by atoms with Gasteiger partial charge < -0.3 is 10.1 Å². The van der Waals surface area contributed by atoms with E-state index in [1.165, 1.54) is 0 Å². The monoisotopic (exact) mass is 391 g/mol. The van der Waals surface area contributed by atoms with E-state index in [-0.39, 0.29) is 24.6 Å². The number of anilines is 1. The fourth-order valence-corrected chi connectivity index (χ4v) is 3.52. The van der Waals surface area contributed by atoms with Gasteiger partial charge in [0.2, 0.25) is 15.9 Å². The Bertz CT molecular complexity index is 724. The number of halogens is 2. The average Bonchev–Trinajstić information content (AvgIpc) is 2.58. The molecule has 1 aromatic rings. The summed E-state index contributed by atoms with van der Waals surface area (Å²) in [7, 11) is -3.74. The van der Waals surface area contributed by atoms with Gasteiger partial charge in [0.15, 0.2) is 11.6 Å². The summed E-state index contributed by atoms with van der Waals surface area (Å²) < 4.78 is 56.4. The van der Waals surface area contributed by atoms with Crippen LogP contribution in [0, 0.1) is 11.6 Å². The number of amides is 1. The van der Waals surface area contributed by atoms with Crippen molar-refractivity contribution in [1.82, 2.24) is 10.2 Å². The zero-order valence-corrected chi connectivity index (χ0v) is 15.4. The third-order valence-electron chi connectivity index (χ3n) is 3.99. The normalized spacial score (nSPS) is 15.7. The number of ether oxygens (including phenoxy) is 1. The van der Waals surface area contributed by atoms with Gasteiger partial charge >= 0.3 is 0 Å². The molecule has 1 fully saturated rings. The molecule has 1 N–H and O–H groups in total. The molecule has 1 aliphatic heterocycles. The Kier molecular flexibility index (Phi) is 7.30. The predicted octanol–water partition coefficient (Wildman–Crippen LogP) is 0.569. The Morgan fingerprint density at radius 1 is 1.27 bits per heavy atom. The lowest BCUT2D eigenvalue weighted by atomic mass is 10.3. The van der Waals surface area contributed by atoms with Crippen LogP contribution >= 0.6 is 0 Å². The minimum atomic E-state index is -3.74. The number of hydrogen-bond acceptors (Lipinski definition) is 5. The quantitative estimate of drug-likeness (QED) is 0.701. The fourth-order valence-electron chi connectivity index (χ4n) is 2.60. The average molecular weight is 391 g/mol. The number of hydrogen-bond donors (Lipinski definition) is 1. The summed E-state index contributed by atoms with van der Waals surface area (Å²) in [6.07, 6.45) is 0.861. The minimum Gasteiger partial charge on any atom is -0.379 e.